The highest BCUT2D eigenvalue weighted by Crippen LogP contribution is 2.14. The number of allylic oxidation sites excluding steroid dienone is 1. The molecule has 1 heterocycles. The van der Waals surface area contributed by atoms with Crippen LogP contribution in [0, 0.1) is 0 Å². The van der Waals surface area contributed by atoms with E-state index in [1.54, 1.807) is 0 Å². The van der Waals surface area contributed by atoms with E-state index in [0.717, 1.165) is 18.8 Å². The molecule has 1 aliphatic rings. The lowest BCUT2D eigenvalue weighted by Crippen LogP contribution is -2.25. The Balaban J connectivity index is 2.43. The lowest BCUT2D eigenvalue weighted by molar-refractivity contribution is 0.322. The van der Waals surface area contributed by atoms with Crippen molar-refractivity contribution in [2.24, 2.45) is 5.73 Å². The van der Waals surface area contributed by atoms with Crippen molar-refractivity contribution >= 4 is 0 Å². The average Bonchev–Trinajstić information content (AvgIpc) is 2.36. The summed E-state index contributed by atoms with van der Waals surface area (Å²) in [7, 11) is 0. The maximum absolute atomic E-state index is 12.6. The summed E-state index contributed by atoms with van der Waals surface area (Å²) in [5.41, 5.74) is 5.67. The number of nitrogens with two attached hydrogens (primary N) is 1. The monoisotopic (exact) mass is 158 g/mol. The van der Waals surface area contributed by atoms with Gasteiger partial charge in [-0.15, -0.1) is 0 Å². The summed E-state index contributed by atoms with van der Waals surface area (Å²) in [5.74, 6) is 0.729. The summed E-state index contributed by atoms with van der Waals surface area (Å²) in [6.45, 7) is 3.27. The van der Waals surface area contributed by atoms with Gasteiger partial charge >= 0.3 is 0 Å². The molecule has 1 aliphatic heterocycles. The van der Waals surface area contributed by atoms with Crippen LogP contribution < -0.4 is 5.73 Å². The van der Waals surface area contributed by atoms with Crippen molar-refractivity contribution in [2.45, 2.75) is 25.9 Å². The van der Waals surface area contributed by atoms with Crippen LogP contribution in [0.1, 0.15) is 19.8 Å². The van der Waals surface area contributed by atoms with E-state index in [-0.39, 0.29) is 0 Å². The van der Waals surface area contributed by atoms with Crippen molar-refractivity contribution < 1.29 is 4.39 Å². The quantitative estimate of drug-likeness (QED) is 0.655. The number of rotatable bonds is 2. The number of nitrogens with zero attached hydrogens (tertiary/aromatic N) is 1. The maximum atomic E-state index is 12.6. The fraction of sp³-hybridized carbons (Fsp3) is 0.750. The third-order valence-electron chi connectivity index (χ3n) is 1.91. The highest BCUT2D eigenvalue weighted by molar-refractivity contribution is 4.98. The number of hydrogen-bond donors (Lipinski definition) is 1. The summed E-state index contributed by atoms with van der Waals surface area (Å²) >= 11 is 0. The Kier molecular flexibility index (Phi) is 2.74. The minimum absolute atomic E-state index is 0.475. The molecule has 0 aromatic heterocycles. The molecule has 0 spiro atoms. The van der Waals surface area contributed by atoms with Gasteiger partial charge in [0.15, 0.2) is 0 Å². The van der Waals surface area contributed by atoms with Crippen LogP contribution in [0.25, 0.3) is 0 Å². The standard InChI is InChI=1S/C8H15FN2/c1-2-3-8(10)11-5-4-7(9)6-11/h3,7H,2,4-6,10H2,1H3/b8-3+. The summed E-state index contributed by atoms with van der Waals surface area (Å²) < 4.78 is 12.6. The molecule has 3 heteroatoms. The third kappa shape index (κ3) is 2.10. The molecule has 0 aliphatic carbocycles. The average molecular weight is 158 g/mol. The second kappa shape index (κ2) is 3.60. The first-order valence-electron chi connectivity index (χ1n) is 4.08. The fourth-order valence-corrected chi connectivity index (χ4v) is 1.29. The molecule has 0 radical (unpaired) electrons. The zero-order chi connectivity index (χ0) is 8.27. The molecular formula is C8H15FN2. The maximum Gasteiger partial charge on any atom is 0.119 e. The zero-order valence-electron chi connectivity index (χ0n) is 6.89. The molecule has 1 unspecified atom stereocenters. The summed E-state index contributed by atoms with van der Waals surface area (Å²) in [6, 6.07) is 0. The first-order valence-corrected chi connectivity index (χ1v) is 4.08. The Bertz CT molecular complexity index is 156. The van der Waals surface area contributed by atoms with Gasteiger partial charge in [-0.25, -0.2) is 4.39 Å². The van der Waals surface area contributed by atoms with Gasteiger partial charge in [-0.3, -0.25) is 0 Å². The van der Waals surface area contributed by atoms with Gasteiger partial charge in [0, 0.05) is 6.54 Å². The molecular weight excluding hydrogens is 143 g/mol. The van der Waals surface area contributed by atoms with E-state index in [4.69, 9.17) is 5.73 Å². The normalized spacial score (nSPS) is 26.2. The molecule has 0 amide bonds. The highest BCUT2D eigenvalue weighted by Gasteiger charge is 2.21. The smallest absolute Gasteiger partial charge is 0.119 e. The van der Waals surface area contributed by atoms with Gasteiger partial charge in [0.05, 0.1) is 12.4 Å². The molecule has 1 atom stereocenters. The first kappa shape index (κ1) is 8.37. The van der Waals surface area contributed by atoms with Crippen LogP contribution in [0.3, 0.4) is 0 Å². The largest absolute Gasteiger partial charge is 0.386 e. The summed E-state index contributed by atoms with van der Waals surface area (Å²) in [6.07, 6.45) is 2.79. The van der Waals surface area contributed by atoms with Gasteiger partial charge in [0.25, 0.3) is 0 Å². The topological polar surface area (TPSA) is 29.3 Å². The van der Waals surface area contributed by atoms with Crippen molar-refractivity contribution in [2.75, 3.05) is 13.1 Å². The minimum atomic E-state index is -0.682. The van der Waals surface area contributed by atoms with Gasteiger partial charge in [0.1, 0.15) is 6.17 Å². The van der Waals surface area contributed by atoms with E-state index in [9.17, 15) is 4.39 Å². The predicted octanol–water partition coefficient (Wildman–Crippen LogP) is 1.24. The van der Waals surface area contributed by atoms with Crippen LogP contribution in [-0.4, -0.2) is 24.2 Å². The molecule has 0 aromatic carbocycles. The molecule has 11 heavy (non-hydrogen) atoms. The zero-order valence-corrected chi connectivity index (χ0v) is 6.89. The number of halogens is 1. The van der Waals surface area contributed by atoms with Gasteiger partial charge in [-0.05, 0) is 18.9 Å². The molecule has 0 aromatic rings. The first-order chi connectivity index (χ1) is 5.24. The van der Waals surface area contributed by atoms with Crippen LogP contribution in [0.2, 0.25) is 0 Å². The van der Waals surface area contributed by atoms with Crippen LogP contribution >= 0.6 is 0 Å². The van der Waals surface area contributed by atoms with Crippen LogP contribution in [0.15, 0.2) is 11.9 Å². The minimum Gasteiger partial charge on any atom is -0.386 e. The van der Waals surface area contributed by atoms with Gasteiger partial charge in [-0.1, -0.05) is 6.92 Å². The summed E-state index contributed by atoms with van der Waals surface area (Å²) in [4.78, 5) is 1.90. The second-order valence-corrected chi connectivity index (χ2v) is 2.87. The van der Waals surface area contributed by atoms with Crippen molar-refractivity contribution in [3.05, 3.63) is 11.9 Å². The Hall–Kier alpha value is -0.730. The van der Waals surface area contributed by atoms with Crippen LogP contribution in [0.4, 0.5) is 4.39 Å². The van der Waals surface area contributed by atoms with E-state index in [0.29, 0.717) is 13.0 Å². The van der Waals surface area contributed by atoms with E-state index in [2.05, 4.69) is 0 Å². The van der Waals surface area contributed by atoms with Crippen molar-refractivity contribution in [3.63, 3.8) is 0 Å². The SMILES string of the molecule is CC/C=C(\N)N1CCC(F)C1. The summed E-state index contributed by atoms with van der Waals surface area (Å²) in [5, 5.41) is 0. The van der Waals surface area contributed by atoms with Crippen molar-refractivity contribution in [1.82, 2.24) is 4.90 Å². The van der Waals surface area contributed by atoms with Gasteiger partial charge in [-0.2, -0.15) is 0 Å². The van der Waals surface area contributed by atoms with Crippen molar-refractivity contribution in [3.8, 4) is 0 Å². The molecule has 1 saturated heterocycles. The van der Waals surface area contributed by atoms with Gasteiger partial charge < -0.3 is 10.6 Å². The third-order valence-corrected chi connectivity index (χ3v) is 1.91. The molecule has 2 N–H and O–H groups in total. The Morgan fingerprint density at radius 3 is 3.00 bits per heavy atom. The molecule has 1 fully saturated rings. The van der Waals surface area contributed by atoms with Crippen molar-refractivity contribution in [1.29, 1.82) is 0 Å². The molecule has 0 bridgehead atoms. The van der Waals surface area contributed by atoms with E-state index in [1.165, 1.54) is 0 Å². The lowest BCUT2D eigenvalue weighted by Gasteiger charge is -2.16. The van der Waals surface area contributed by atoms with Crippen LogP contribution in [-0.2, 0) is 0 Å². The van der Waals surface area contributed by atoms with Gasteiger partial charge in [0.2, 0.25) is 0 Å². The number of hydrogen-bond acceptors (Lipinski definition) is 2. The Morgan fingerprint density at radius 2 is 2.55 bits per heavy atom. The molecule has 1 rings (SSSR count). The highest BCUT2D eigenvalue weighted by atomic mass is 19.1. The molecule has 0 saturated carbocycles. The molecule has 64 valence electrons. The van der Waals surface area contributed by atoms with E-state index in [1.807, 2.05) is 17.9 Å². The Morgan fingerprint density at radius 1 is 1.82 bits per heavy atom. The number of likely N-dealkylation sites (tertiary alicyclic amines) is 1. The van der Waals surface area contributed by atoms with E-state index < -0.39 is 6.17 Å². The molecule has 2 nitrogen and oxygen atoms in total. The predicted molar refractivity (Wildman–Crippen MR) is 43.6 cm³/mol. The second-order valence-electron chi connectivity index (χ2n) is 2.87. The number of alkyl halides is 1. The van der Waals surface area contributed by atoms with E-state index >= 15 is 0 Å². The lowest BCUT2D eigenvalue weighted by atomic mass is 10.3. The van der Waals surface area contributed by atoms with Crippen LogP contribution in [0.5, 0.6) is 0 Å². The fourth-order valence-electron chi connectivity index (χ4n) is 1.29. The Labute approximate surface area is 66.9 Å².